The first-order valence-corrected chi connectivity index (χ1v) is 5.19. The lowest BCUT2D eigenvalue weighted by Crippen LogP contribution is -2.04. The first-order chi connectivity index (χ1) is 7.75. The molecule has 1 aromatic carbocycles. The fourth-order valence-electron chi connectivity index (χ4n) is 1.30. The van der Waals surface area contributed by atoms with Crippen LogP contribution in [0.15, 0.2) is 36.5 Å². The van der Waals surface area contributed by atoms with Crippen LogP contribution in [0, 0.1) is 0 Å². The van der Waals surface area contributed by atoms with Crippen LogP contribution < -0.4 is 11.1 Å². The van der Waals surface area contributed by atoms with Crippen molar-refractivity contribution in [1.82, 2.24) is 10.2 Å². The van der Waals surface area contributed by atoms with E-state index in [0.29, 0.717) is 17.3 Å². The Balaban J connectivity index is 2.08. The van der Waals surface area contributed by atoms with Crippen LogP contribution in [0.4, 0.5) is 11.4 Å². The highest BCUT2D eigenvalue weighted by molar-refractivity contribution is 6.31. The Hall–Kier alpha value is -1.81. The SMILES string of the molecule is Nc1ccc(Cl)cc1NCc1cccnn1. The largest absolute Gasteiger partial charge is 0.397 e. The number of hydrogen-bond acceptors (Lipinski definition) is 4. The van der Waals surface area contributed by atoms with Gasteiger partial charge in [0.1, 0.15) is 0 Å². The summed E-state index contributed by atoms with van der Waals surface area (Å²) in [5, 5.41) is 11.6. The molecule has 0 bridgehead atoms. The highest BCUT2D eigenvalue weighted by Crippen LogP contribution is 2.23. The Labute approximate surface area is 98.5 Å². The van der Waals surface area contributed by atoms with Gasteiger partial charge in [-0.3, -0.25) is 0 Å². The Morgan fingerprint density at radius 1 is 1.31 bits per heavy atom. The minimum absolute atomic E-state index is 0.568. The lowest BCUT2D eigenvalue weighted by Gasteiger charge is -2.08. The van der Waals surface area contributed by atoms with Crippen molar-refractivity contribution in [2.24, 2.45) is 0 Å². The van der Waals surface area contributed by atoms with Crippen molar-refractivity contribution in [2.75, 3.05) is 11.1 Å². The van der Waals surface area contributed by atoms with E-state index in [1.165, 1.54) is 0 Å². The number of aromatic nitrogens is 2. The maximum atomic E-state index is 5.88. The van der Waals surface area contributed by atoms with E-state index < -0.39 is 0 Å². The number of rotatable bonds is 3. The molecule has 4 nitrogen and oxygen atoms in total. The van der Waals surface area contributed by atoms with Crippen LogP contribution in [0.25, 0.3) is 0 Å². The summed E-state index contributed by atoms with van der Waals surface area (Å²) in [6.07, 6.45) is 1.64. The minimum Gasteiger partial charge on any atom is -0.397 e. The van der Waals surface area contributed by atoms with E-state index in [9.17, 15) is 0 Å². The maximum Gasteiger partial charge on any atom is 0.0821 e. The molecule has 0 fully saturated rings. The van der Waals surface area contributed by atoms with E-state index in [0.717, 1.165) is 11.4 Å². The third-order valence-corrected chi connectivity index (χ3v) is 2.34. The van der Waals surface area contributed by atoms with Crippen LogP contribution in [0.1, 0.15) is 5.69 Å². The number of nitrogens with zero attached hydrogens (tertiary/aromatic N) is 2. The molecule has 0 radical (unpaired) electrons. The van der Waals surface area contributed by atoms with Gasteiger partial charge in [-0.15, -0.1) is 0 Å². The summed E-state index contributed by atoms with van der Waals surface area (Å²) in [6, 6.07) is 9.03. The summed E-state index contributed by atoms with van der Waals surface area (Å²) in [5.74, 6) is 0. The molecule has 3 N–H and O–H groups in total. The van der Waals surface area contributed by atoms with E-state index in [2.05, 4.69) is 15.5 Å². The van der Waals surface area contributed by atoms with Crippen LogP contribution in [0.3, 0.4) is 0 Å². The summed E-state index contributed by atoms with van der Waals surface area (Å²) in [6.45, 7) is 0.568. The fourth-order valence-corrected chi connectivity index (χ4v) is 1.47. The molecule has 0 spiro atoms. The molecule has 0 aliphatic rings. The van der Waals surface area contributed by atoms with Gasteiger partial charge in [0, 0.05) is 11.2 Å². The molecule has 82 valence electrons. The Morgan fingerprint density at radius 3 is 2.94 bits per heavy atom. The molecular formula is C11H11ClN4. The predicted molar refractivity (Wildman–Crippen MR) is 65.2 cm³/mol. The summed E-state index contributed by atoms with van der Waals surface area (Å²) in [7, 11) is 0. The van der Waals surface area contributed by atoms with E-state index >= 15 is 0 Å². The zero-order chi connectivity index (χ0) is 11.4. The number of halogens is 1. The first kappa shape index (κ1) is 10.7. The molecule has 1 aromatic heterocycles. The predicted octanol–water partition coefficient (Wildman–Crippen LogP) is 2.32. The average Bonchev–Trinajstić information content (AvgIpc) is 2.32. The van der Waals surface area contributed by atoms with Crippen molar-refractivity contribution in [3.05, 3.63) is 47.2 Å². The summed E-state index contributed by atoms with van der Waals surface area (Å²) < 4.78 is 0. The number of anilines is 2. The number of nitrogen functional groups attached to an aromatic ring is 1. The Kier molecular flexibility index (Phi) is 3.22. The molecule has 16 heavy (non-hydrogen) atoms. The van der Waals surface area contributed by atoms with Gasteiger partial charge in [-0.1, -0.05) is 11.6 Å². The van der Waals surface area contributed by atoms with Gasteiger partial charge in [0.2, 0.25) is 0 Å². The molecule has 2 rings (SSSR count). The Bertz CT molecular complexity index is 473. The van der Waals surface area contributed by atoms with Crippen LogP contribution in [-0.2, 0) is 6.54 Å². The zero-order valence-electron chi connectivity index (χ0n) is 8.52. The molecule has 0 atom stereocenters. The summed E-state index contributed by atoms with van der Waals surface area (Å²) in [5.41, 5.74) is 8.11. The quantitative estimate of drug-likeness (QED) is 0.800. The Morgan fingerprint density at radius 2 is 2.19 bits per heavy atom. The monoisotopic (exact) mass is 234 g/mol. The number of nitrogens with one attached hydrogen (secondary N) is 1. The standard InChI is InChI=1S/C11H11ClN4/c12-8-3-4-10(13)11(6-8)14-7-9-2-1-5-15-16-9/h1-6,14H,7,13H2. The average molecular weight is 235 g/mol. The third kappa shape index (κ3) is 2.61. The molecule has 2 aromatic rings. The lowest BCUT2D eigenvalue weighted by molar-refractivity contribution is 0.925. The van der Waals surface area contributed by atoms with Crippen molar-refractivity contribution >= 4 is 23.0 Å². The second-order valence-electron chi connectivity index (χ2n) is 3.30. The van der Waals surface area contributed by atoms with Crippen molar-refractivity contribution in [3.63, 3.8) is 0 Å². The van der Waals surface area contributed by atoms with Crippen molar-refractivity contribution < 1.29 is 0 Å². The van der Waals surface area contributed by atoms with Crippen LogP contribution in [0.5, 0.6) is 0 Å². The second kappa shape index (κ2) is 4.81. The lowest BCUT2D eigenvalue weighted by atomic mass is 10.2. The number of nitrogens with two attached hydrogens (primary N) is 1. The molecule has 0 amide bonds. The van der Waals surface area contributed by atoms with E-state index in [-0.39, 0.29) is 0 Å². The highest BCUT2D eigenvalue weighted by atomic mass is 35.5. The second-order valence-corrected chi connectivity index (χ2v) is 3.74. The molecule has 0 aliphatic heterocycles. The highest BCUT2D eigenvalue weighted by Gasteiger charge is 2.00. The van der Waals surface area contributed by atoms with Gasteiger partial charge in [-0.25, -0.2) is 0 Å². The molecule has 0 aliphatic carbocycles. The molecule has 5 heteroatoms. The smallest absolute Gasteiger partial charge is 0.0821 e. The molecule has 1 heterocycles. The van der Waals surface area contributed by atoms with Gasteiger partial charge in [0.15, 0.2) is 0 Å². The first-order valence-electron chi connectivity index (χ1n) is 4.81. The van der Waals surface area contributed by atoms with Gasteiger partial charge in [0.05, 0.1) is 23.6 Å². The third-order valence-electron chi connectivity index (χ3n) is 2.10. The zero-order valence-corrected chi connectivity index (χ0v) is 9.28. The van der Waals surface area contributed by atoms with E-state index in [4.69, 9.17) is 17.3 Å². The van der Waals surface area contributed by atoms with Crippen LogP contribution in [0.2, 0.25) is 5.02 Å². The van der Waals surface area contributed by atoms with E-state index in [1.54, 1.807) is 24.4 Å². The number of benzene rings is 1. The normalized spacial score (nSPS) is 10.1. The van der Waals surface area contributed by atoms with Crippen molar-refractivity contribution in [1.29, 1.82) is 0 Å². The minimum atomic E-state index is 0.568. The van der Waals surface area contributed by atoms with Gasteiger partial charge >= 0.3 is 0 Å². The topological polar surface area (TPSA) is 63.8 Å². The molecular weight excluding hydrogens is 224 g/mol. The van der Waals surface area contributed by atoms with Gasteiger partial charge in [0.25, 0.3) is 0 Å². The summed E-state index contributed by atoms with van der Waals surface area (Å²) >= 11 is 5.88. The van der Waals surface area contributed by atoms with Crippen molar-refractivity contribution in [2.45, 2.75) is 6.54 Å². The van der Waals surface area contributed by atoms with Gasteiger partial charge in [-0.05, 0) is 30.3 Å². The molecule has 0 saturated heterocycles. The molecule has 0 saturated carbocycles. The van der Waals surface area contributed by atoms with E-state index in [1.807, 2.05) is 12.1 Å². The molecule has 0 unspecified atom stereocenters. The van der Waals surface area contributed by atoms with Gasteiger partial charge < -0.3 is 11.1 Å². The fraction of sp³-hybridized carbons (Fsp3) is 0.0909. The number of hydrogen-bond donors (Lipinski definition) is 2. The maximum absolute atomic E-state index is 5.88. The van der Waals surface area contributed by atoms with Gasteiger partial charge in [-0.2, -0.15) is 10.2 Å². The summed E-state index contributed by atoms with van der Waals surface area (Å²) in [4.78, 5) is 0. The van der Waals surface area contributed by atoms with Crippen LogP contribution in [-0.4, -0.2) is 10.2 Å². The van der Waals surface area contributed by atoms with Crippen molar-refractivity contribution in [3.8, 4) is 0 Å². The van der Waals surface area contributed by atoms with Crippen LogP contribution >= 0.6 is 11.6 Å².